The molecule has 1 N–H and O–H groups in total. The fourth-order valence-electron chi connectivity index (χ4n) is 2.90. The van der Waals surface area contributed by atoms with Crippen LogP contribution in [0.5, 0.6) is 0 Å². The number of nitriles is 1. The van der Waals surface area contributed by atoms with Crippen molar-refractivity contribution in [3.63, 3.8) is 0 Å². The first-order valence-electron chi connectivity index (χ1n) is 7.89. The van der Waals surface area contributed by atoms with Crippen LogP contribution in [0, 0.1) is 24.3 Å². The van der Waals surface area contributed by atoms with Gasteiger partial charge in [-0.2, -0.15) is 15.1 Å². The Balaban J connectivity index is 1.68. The largest absolute Gasteiger partial charge is 0.339 e. The lowest BCUT2D eigenvalue weighted by molar-refractivity contribution is -0.121. The summed E-state index contributed by atoms with van der Waals surface area (Å²) in [5.41, 5.74) is 1.37. The summed E-state index contributed by atoms with van der Waals surface area (Å²) in [6.07, 6.45) is 6.11. The summed E-state index contributed by atoms with van der Waals surface area (Å²) in [6.45, 7) is 3.10. The van der Waals surface area contributed by atoms with E-state index in [-0.39, 0.29) is 11.8 Å². The van der Waals surface area contributed by atoms with Crippen molar-refractivity contribution in [1.29, 1.82) is 5.26 Å². The number of carbonyl (C=O) groups is 1. The molecule has 0 aliphatic carbocycles. The van der Waals surface area contributed by atoms with Gasteiger partial charge >= 0.3 is 0 Å². The number of pyridine rings is 1. The number of rotatable bonds is 3. The van der Waals surface area contributed by atoms with Crippen LogP contribution in [0.25, 0.3) is 17.0 Å². The van der Waals surface area contributed by atoms with Crippen molar-refractivity contribution in [2.24, 2.45) is 5.92 Å². The summed E-state index contributed by atoms with van der Waals surface area (Å²) in [5.74, 6) is 0.834. The number of nitrogens with one attached hydrogen (secondary N) is 1. The maximum Gasteiger partial charge on any atom is 0.246 e. The number of hydrogen-bond donors (Lipinski definition) is 1. The van der Waals surface area contributed by atoms with Gasteiger partial charge in [0.25, 0.3) is 0 Å². The number of aryl methyl sites for hydroxylation is 1. The van der Waals surface area contributed by atoms with Gasteiger partial charge in [-0.15, -0.1) is 0 Å². The molecule has 4 heterocycles. The molecule has 1 atom stereocenters. The minimum absolute atomic E-state index is 0.192. The van der Waals surface area contributed by atoms with Crippen molar-refractivity contribution in [3.05, 3.63) is 30.4 Å². The predicted molar refractivity (Wildman–Crippen MR) is 87.3 cm³/mol. The maximum absolute atomic E-state index is 12.5. The molecule has 126 valence electrons. The van der Waals surface area contributed by atoms with Crippen molar-refractivity contribution >= 4 is 17.4 Å². The minimum Gasteiger partial charge on any atom is -0.339 e. The highest BCUT2D eigenvalue weighted by Crippen LogP contribution is 2.22. The van der Waals surface area contributed by atoms with Gasteiger partial charge in [-0.3, -0.25) is 4.79 Å². The average Bonchev–Trinajstić information content (AvgIpc) is 3.35. The molecule has 0 bridgehead atoms. The van der Waals surface area contributed by atoms with E-state index < -0.39 is 0 Å². The predicted octanol–water partition coefficient (Wildman–Crippen LogP) is 1.12. The van der Waals surface area contributed by atoms with Gasteiger partial charge < -0.3 is 14.2 Å². The van der Waals surface area contributed by atoms with Crippen LogP contribution in [0.1, 0.15) is 12.3 Å². The quantitative estimate of drug-likeness (QED) is 0.563. The number of hydrogen-bond acceptors (Lipinski definition) is 7. The van der Waals surface area contributed by atoms with Crippen molar-refractivity contribution in [2.45, 2.75) is 13.3 Å². The molecule has 1 fully saturated rings. The smallest absolute Gasteiger partial charge is 0.246 e. The summed E-state index contributed by atoms with van der Waals surface area (Å²) in [5, 5.41) is 16.4. The molecular formula is C16H15N7O2. The SMILES string of the molecule is Cc1nc(-c2ccc3nc(N(C#N)C(=O)[C@H]4CCNC4)cn3c2)no1. The molecule has 1 aliphatic rings. The van der Waals surface area contributed by atoms with Gasteiger partial charge in [-0.1, -0.05) is 5.16 Å². The summed E-state index contributed by atoms with van der Waals surface area (Å²) in [4.78, 5) is 22.2. The van der Waals surface area contributed by atoms with Gasteiger partial charge in [-0.05, 0) is 25.1 Å². The second-order valence-electron chi connectivity index (χ2n) is 5.88. The number of carbonyl (C=O) groups excluding carboxylic acids is 1. The van der Waals surface area contributed by atoms with Crippen LogP contribution >= 0.6 is 0 Å². The summed E-state index contributed by atoms with van der Waals surface area (Å²) < 4.78 is 6.73. The molecule has 1 aliphatic heterocycles. The molecule has 4 rings (SSSR count). The van der Waals surface area contributed by atoms with Crippen LogP contribution in [0.3, 0.4) is 0 Å². The third kappa shape index (κ3) is 2.72. The highest BCUT2D eigenvalue weighted by molar-refractivity contribution is 5.97. The van der Waals surface area contributed by atoms with Crippen molar-refractivity contribution < 1.29 is 9.32 Å². The van der Waals surface area contributed by atoms with Crippen molar-refractivity contribution in [1.82, 2.24) is 24.8 Å². The van der Waals surface area contributed by atoms with Gasteiger partial charge in [0.1, 0.15) is 5.65 Å². The second-order valence-corrected chi connectivity index (χ2v) is 5.88. The molecule has 0 spiro atoms. The average molecular weight is 337 g/mol. The molecule has 1 saturated heterocycles. The first-order valence-corrected chi connectivity index (χ1v) is 7.89. The van der Waals surface area contributed by atoms with Crippen molar-refractivity contribution in [3.8, 4) is 17.6 Å². The molecule has 3 aromatic heterocycles. The lowest BCUT2D eigenvalue weighted by atomic mass is 10.1. The van der Waals surface area contributed by atoms with Crippen LogP contribution < -0.4 is 10.2 Å². The normalized spacial score (nSPS) is 16.9. The van der Waals surface area contributed by atoms with Crippen LogP contribution in [-0.4, -0.2) is 38.5 Å². The molecule has 0 unspecified atom stereocenters. The molecular weight excluding hydrogens is 322 g/mol. The lowest BCUT2D eigenvalue weighted by Crippen LogP contribution is -2.33. The number of aromatic nitrogens is 4. The molecule has 0 saturated carbocycles. The van der Waals surface area contributed by atoms with Gasteiger partial charge in [-0.25, -0.2) is 4.98 Å². The van der Waals surface area contributed by atoms with Gasteiger partial charge in [0.05, 0.1) is 12.1 Å². The fraction of sp³-hybridized carbons (Fsp3) is 0.312. The van der Waals surface area contributed by atoms with Gasteiger partial charge in [0, 0.05) is 25.2 Å². The van der Waals surface area contributed by atoms with E-state index in [0.717, 1.165) is 23.4 Å². The number of imidazole rings is 1. The molecule has 0 aromatic carbocycles. The maximum atomic E-state index is 12.5. The van der Waals surface area contributed by atoms with E-state index in [1.54, 1.807) is 29.8 Å². The number of fused-ring (bicyclic) bond motifs is 1. The van der Waals surface area contributed by atoms with E-state index in [4.69, 9.17) is 4.52 Å². The van der Waals surface area contributed by atoms with E-state index >= 15 is 0 Å². The van der Waals surface area contributed by atoms with E-state index in [2.05, 4.69) is 20.4 Å². The third-order valence-corrected chi connectivity index (χ3v) is 4.18. The Morgan fingerprint density at radius 1 is 1.44 bits per heavy atom. The standard InChI is InChI=1S/C16H15N7O2/c1-10-19-15(21-25-10)12-2-3-13-20-14(8-22(13)7-12)23(9-17)16(24)11-4-5-18-6-11/h2-3,7-8,11,18H,4-6H2,1H3/t11-/m0/s1. The second kappa shape index (κ2) is 5.99. The summed E-state index contributed by atoms with van der Waals surface area (Å²) >= 11 is 0. The number of nitrogens with zero attached hydrogens (tertiary/aromatic N) is 6. The molecule has 0 radical (unpaired) electrons. The van der Waals surface area contributed by atoms with Gasteiger partial charge in [0.15, 0.2) is 12.0 Å². The molecule has 25 heavy (non-hydrogen) atoms. The van der Waals surface area contributed by atoms with Crippen LogP contribution in [0.4, 0.5) is 5.82 Å². The minimum atomic E-state index is -0.232. The van der Waals surface area contributed by atoms with Crippen molar-refractivity contribution in [2.75, 3.05) is 18.0 Å². The Hall–Kier alpha value is -3.25. The van der Waals surface area contributed by atoms with E-state index in [1.807, 2.05) is 12.3 Å². The summed E-state index contributed by atoms with van der Waals surface area (Å²) in [6, 6.07) is 3.59. The Morgan fingerprint density at radius 2 is 2.32 bits per heavy atom. The zero-order chi connectivity index (χ0) is 17.4. The van der Waals surface area contributed by atoms with E-state index in [9.17, 15) is 10.1 Å². The first-order chi connectivity index (χ1) is 12.2. The van der Waals surface area contributed by atoms with Crippen LogP contribution in [-0.2, 0) is 4.79 Å². The third-order valence-electron chi connectivity index (χ3n) is 4.18. The molecule has 1 amide bonds. The Morgan fingerprint density at radius 3 is 3.00 bits per heavy atom. The molecule has 3 aromatic rings. The fourth-order valence-corrected chi connectivity index (χ4v) is 2.90. The van der Waals surface area contributed by atoms with Crippen LogP contribution in [0.15, 0.2) is 29.0 Å². The highest BCUT2D eigenvalue weighted by Gasteiger charge is 2.29. The van der Waals surface area contributed by atoms with Crippen LogP contribution in [0.2, 0.25) is 0 Å². The molecule has 9 heteroatoms. The highest BCUT2D eigenvalue weighted by atomic mass is 16.5. The van der Waals surface area contributed by atoms with E-state index in [0.29, 0.717) is 29.7 Å². The first kappa shape index (κ1) is 15.3. The lowest BCUT2D eigenvalue weighted by Gasteiger charge is -2.14. The topological polar surface area (TPSA) is 112 Å². The summed E-state index contributed by atoms with van der Waals surface area (Å²) in [7, 11) is 0. The zero-order valence-corrected chi connectivity index (χ0v) is 13.5. The number of amides is 1. The monoisotopic (exact) mass is 337 g/mol. The van der Waals surface area contributed by atoms with E-state index in [1.165, 1.54) is 0 Å². The number of anilines is 1. The van der Waals surface area contributed by atoms with Gasteiger partial charge in [0.2, 0.25) is 17.6 Å². The zero-order valence-electron chi connectivity index (χ0n) is 13.5. The Bertz CT molecular complexity index is 978. The Kier molecular flexibility index (Phi) is 3.66. The Labute approximate surface area is 142 Å². The molecule has 9 nitrogen and oxygen atoms in total.